The number of halogens is 1. The smallest absolute Gasteiger partial charge is 0.158 e. The van der Waals surface area contributed by atoms with Gasteiger partial charge in [0.1, 0.15) is 10.8 Å². The fourth-order valence-corrected chi connectivity index (χ4v) is 3.98. The maximum atomic E-state index is 11.8. The minimum atomic E-state index is -0.684. The molecule has 1 aliphatic carbocycles. The minimum Gasteiger partial charge on any atom is -0.495 e. The summed E-state index contributed by atoms with van der Waals surface area (Å²) in [5.74, 6) is 1.33. The molecule has 22 heavy (non-hydrogen) atoms. The highest BCUT2D eigenvalue weighted by Gasteiger charge is 2.52. The van der Waals surface area contributed by atoms with Crippen LogP contribution in [0.15, 0.2) is 24.3 Å². The van der Waals surface area contributed by atoms with E-state index in [1.54, 1.807) is 13.2 Å². The molecule has 0 radical (unpaired) electrons. The Morgan fingerprint density at radius 1 is 1.45 bits per heavy atom. The minimum absolute atomic E-state index is 0.00589. The molecular weight excluding hydrogens is 300 g/mol. The molecule has 2 unspecified atom stereocenters. The fraction of sp³-hybridized carbons (Fsp3) is 0.389. The Morgan fingerprint density at radius 3 is 2.73 bits per heavy atom. The van der Waals surface area contributed by atoms with Crippen LogP contribution in [0.4, 0.5) is 0 Å². The van der Waals surface area contributed by atoms with E-state index in [0.29, 0.717) is 22.9 Å². The summed E-state index contributed by atoms with van der Waals surface area (Å²) in [6, 6.07) is 1.90. The molecule has 0 saturated carbocycles. The van der Waals surface area contributed by atoms with Crippen molar-refractivity contribution in [2.75, 3.05) is 7.11 Å². The van der Waals surface area contributed by atoms with Gasteiger partial charge in [0, 0.05) is 23.5 Å². The van der Waals surface area contributed by atoms with Crippen LogP contribution in [0.3, 0.4) is 0 Å². The lowest BCUT2D eigenvalue weighted by Crippen LogP contribution is -2.45. The van der Waals surface area contributed by atoms with E-state index < -0.39 is 5.60 Å². The average Bonchev–Trinajstić information content (AvgIpc) is 2.76. The van der Waals surface area contributed by atoms with Gasteiger partial charge in [-0.05, 0) is 37.1 Å². The Balaban J connectivity index is 2.24. The lowest BCUT2D eigenvalue weighted by molar-refractivity contribution is -0.117. The van der Waals surface area contributed by atoms with E-state index >= 15 is 0 Å². The van der Waals surface area contributed by atoms with Gasteiger partial charge in [0.15, 0.2) is 17.1 Å². The number of methoxy groups -OCH3 is 1. The molecule has 0 amide bonds. The Morgan fingerprint density at radius 2 is 2.14 bits per heavy atom. The zero-order valence-corrected chi connectivity index (χ0v) is 14.0. The van der Waals surface area contributed by atoms with E-state index in [1.165, 1.54) is 0 Å². The molecule has 0 fully saturated rings. The molecule has 0 aromatic heterocycles. The molecule has 0 saturated heterocycles. The molecule has 1 aromatic carbocycles. The molecule has 1 heterocycles. The van der Waals surface area contributed by atoms with E-state index in [4.69, 9.17) is 21.1 Å². The third-order valence-corrected chi connectivity index (χ3v) is 5.14. The van der Waals surface area contributed by atoms with Gasteiger partial charge in [-0.1, -0.05) is 25.1 Å². The summed E-state index contributed by atoms with van der Waals surface area (Å²) in [5.41, 5.74) is 3.01. The van der Waals surface area contributed by atoms with Crippen molar-refractivity contribution in [3.8, 4) is 11.5 Å². The van der Waals surface area contributed by atoms with Crippen LogP contribution < -0.4 is 9.47 Å². The second-order valence-electron chi connectivity index (χ2n) is 6.13. The maximum absolute atomic E-state index is 11.8. The molecule has 1 spiro atoms. The topological polar surface area (TPSA) is 35.5 Å². The van der Waals surface area contributed by atoms with Crippen LogP contribution >= 0.6 is 11.6 Å². The average molecular weight is 319 g/mol. The number of rotatable bonds is 1. The quantitative estimate of drug-likeness (QED) is 0.772. The van der Waals surface area contributed by atoms with Gasteiger partial charge in [-0.15, -0.1) is 0 Å². The van der Waals surface area contributed by atoms with Crippen molar-refractivity contribution in [2.24, 2.45) is 5.92 Å². The molecule has 1 aliphatic heterocycles. The van der Waals surface area contributed by atoms with E-state index in [1.807, 2.05) is 26.8 Å². The van der Waals surface area contributed by atoms with Gasteiger partial charge in [-0.25, -0.2) is 0 Å². The first-order chi connectivity index (χ1) is 10.3. The summed E-state index contributed by atoms with van der Waals surface area (Å²) in [7, 11) is 1.58. The molecule has 0 bridgehead atoms. The molecule has 0 N–H and O–H groups in total. The predicted octanol–water partition coefficient (Wildman–Crippen LogP) is 4.36. The van der Waals surface area contributed by atoms with Crippen molar-refractivity contribution in [3.63, 3.8) is 0 Å². The summed E-state index contributed by atoms with van der Waals surface area (Å²) in [5, 5.41) is 0.457. The van der Waals surface area contributed by atoms with Crippen molar-refractivity contribution in [3.05, 3.63) is 40.4 Å². The van der Waals surface area contributed by atoms with Gasteiger partial charge in [0.25, 0.3) is 0 Å². The molecular formula is C18H19ClO3. The number of hydrogen-bond acceptors (Lipinski definition) is 3. The number of aryl methyl sites for hydroxylation is 1. The first kappa shape index (κ1) is 15.2. The van der Waals surface area contributed by atoms with Crippen molar-refractivity contribution in [1.29, 1.82) is 0 Å². The number of carbonyl (C=O) groups is 1. The van der Waals surface area contributed by atoms with E-state index in [0.717, 1.165) is 22.3 Å². The maximum Gasteiger partial charge on any atom is 0.158 e. The van der Waals surface area contributed by atoms with E-state index in [-0.39, 0.29) is 11.7 Å². The number of ketones is 1. The summed E-state index contributed by atoms with van der Waals surface area (Å²) in [6.07, 6.45) is 2.11. The van der Waals surface area contributed by atoms with Gasteiger partial charge >= 0.3 is 0 Å². The summed E-state index contributed by atoms with van der Waals surface area (Å²) in [4.78, 5) is 11.8. The van der Waals surface area contributed by atoms with Crippen molar-refractivity contribution in [2.45, 2.75) is 32.8 Å². The Bertz CT molecular complexity index is 732. The molecule has 3 rings (SSSR count). The molecule has 2 aliphatic rings. The van der Waals surface area contributed by atoms with Crippen LogP contribution in [0.2, 0.25) is 5.02 Å². The van der Waals surface area contributed by atoms with E-state index in [9.17, 15) is 4.79 Å². The van der Waals surface area contributed by atoms with E-state index in [2.05, 4.69) is 6.58 Å². The van der Waals surface area contributed by atoms with Gasteiger partial charge in [0.05, 0.1) is 7.11 Å². The molecule has 1 aromatic rings. The zero-order valence-electron chi connectivity index (χ0n) is 13.2. The summed E-state index contributed by atoms with van der Waals surface area (Å²) >= 11 is 6.44. The lowest BCUT2D eigenvalue weighted by Gasteiger charge is -2.39. The predicted molar refractivity (Wildman–Crippen MR) is 87.7 cm³/mol. The highest BCUT2D eigenvalue weighted by atomic mass is 35.5. The number of allylic oxidation sites excluding steroid dienone is 1. The highest BCUT2D eigenvalue weighted by molar-refractivity contribution is 6.34. The Kier molecular flexibility index (Phi) is 3.37. The zero-order chi connectivity index (χ0) is 16.2. The van der Waals surface area contributed by atoms with Crippen molar-refractivity contribution >= 4 is 23.0 Å². The van der Waals surface area contributed by atoms with Gasteiger partial charge < -0.3 is 9.47 Å². The van der Waals surface area contributed by atoms with Gasteiger partial charge in [-0.2, -0.15) is 0 Å². The van der Waals surface area contributed by atoms with Crippen LogP contribution in [-0.4, -0.2) is 18.5 Å². The van der Waals surface area contributed by atoms with Gasteiger partial charge in [0.2, 0.25) is 0 Å². The largest absolute Gasteiger partial charge is 0.495 e. The Hall–Kier alpha value is -1.74. The normalized spacial score (nSPS) is 26.8. The molecule has 116 valence electrons. The standard InChI is InChI=1S/C18H19ClO3/c1-9-6-14(21-5)16(19)17-15(9)12(4)18(22-17)10(2)7-13(20)8-11(18)3/h6-7,11H,4,8H2,1-3,5H3. The number of benzene rings is 1. The molecule has 4 heteroatoms. The lowest BCUT2D eigenvalue weighted by atomic mass is 9.70. The monoisotopic (exact) mass is 318 g/mol. The first-order valence-electron chi connectivity index (χ1n) is 7.30. The third kappa shape index (κ3) is 1.78. The number of carbonyl (C=O) groups excluding carboxylic acids is 1. The third-order valence-electron chi connectivity index (χ3n) is 4.78. The Labute approximate surface area is 135 Å². The molecule has 2 atom stereocenters. The van der Waals surface area contributed by atoms with Crippen LogP contribution in [0.25, 0.3) is 5.57 Å². The van der Waals surface area contributed by atoms with Crippen LogP contribution in [0, 0.1) is 12.8 Å². The second kappa shape index (κ2) is 4.88. The number of fused-ring (bicyclic) bond motifs is 1. The highest BCUT2D eigenvalue weighted by Crippen LogP contribution is 2.57. The first-order valence-corrected chi connectivity index (χ1v) is 7.68. The summed E-state index contributed by atoms with van der Waals surface area (Å²) < 4.78 is 11.7. The fourth-order valence-electron chi connectivity index (χ4n) is 3.72. The van der Waals surface area contributed by atoms with Crippen LogP contribution in [-0.2, 0) is 4.79 Å². The van der Waals surface area contributed by atoms with Crippen molar-refractivity contribution in [1.82, 2.24) is 0 Å². The molecule has 3 nitrogen and oxygen atoms in total. The van der Waals surface area contributed by atoms with Gasteiger partial charge in [-0.3, -0.25) is 4.79 Å². The number of hydrogen-bond donors (Lipinski definition) is 0. The second-order valence-corrected chi connectivity index (χ2v) is 6.51. The van der Waals surface area contributed by atoms with Crippen molar-refractivity contribution < 1.29 is 14.3 Å². The number of ether oxygens (including phenoxy) is 2. The van der Waals surface area contributed by atoms with Crippen LogP contribution in [0.1, 0.15) is 31.4 Å². The summed E-state index contributed by atoms with van der Waals surface area (Å²) in [6.45, 7) is 10.2. The van der Waals surface area contributed by atoms with Crippen LogP contribution in [0.5, 0.6) is 11.5 Å². The SMILES string of the molecule is C=C1c2c(C)cc(OC)c(Cl)c2OC12C(C)=CC(=O)CC2C.